The fraction of sp³-hybridized carbons (Fsp3) is 0. The molecule has 22 aromatic rings. The average molecular weight is 1430 g/mol. The number of para-hydroxylation sites is 4. The first-order valence-corrected chi connectivity index (χ1v) is 37.8. The van der Waals surface area contributed by atoms with Crippen molar-refractivity contribution in [2.75, 3.05) is 0 Å². The van der Waals surface area contributed by atoms with Crippen molar-refractivity contribution in [3.05, 3.63) is 400 Å². The highest BCUT2D eigenvalue weighted by Gasteiger charge is 2.24. The van der Waals surface area contributed by atoms with Crippen LogP contribution < -0.4 is 0 Å². The lowest BCUT2D eigenvalue weighted by Gasteiger charge is -2.10. The molecule has 0 aliphatic rings. The molecule has 524 valence electrons. The first-order valence-electron chi connectivity index (χ1n) is 37.8. The number of rotatable bonds is 12. The topological polar surface area (TPSA) is 87.7 Å². The van der Waals surface area contributed by atoms with Crippen molar-refractivity contribution in [2.45, 2.75) is 0 Å². The molecule has 6 heterocycles. The van der Waals surface area contributed by atoms with Crippen LogP contribution in [0, 0.1) is 0 Å². The van der Waals surface area contributed by atoms with Gasteiger partial charge in [0.15, 0.2) is 22.8 Å². The molecule has 0 aliphatic carbocycles. The Hall–Kier alpha value is -15.1. The van der Waals surface area contributed by atoms with E-state index in [2.05, 4.69) is 361 Å². The maximum Gasteiger partial charge on any atom is 0.180 e. The molecule has 112 heavy (non-hydrogen) atoms. The maximum atomic E-state index is 6.66. The molecule has 0 spiro atoms. The van der Waals surface area contributed by atoms with Gasteiger partial charge in [-0.3, -0.25) is 0 Å². The molecule has 0 bridgehead atoms. The van der Waals surface area contributed by atoms with Crippen molar-refractivity contribution in [1.82, 2.24) is 29.1 Å². The molecule has 8 nitrogen and oxygen atoms in total. The maximum absolute atomic E-state index is 6.66. The summed E-state index contributed by atoms with van der Waals surface area (Å²) in [6.45, 7) is 0. The Morgan fingerprint density at radius 3 is 1.01 bits per heavy atom. The van der Waals surface area contributed by atoms with Crippen LogP contribution in [0.4, 0.5) is 0 Å². The van der Waals surface area contributed by atoms with Crippen LogP contribution in [0.5, 0.6) is 0 Å². The van der Waals surface area contributed by atoms with E-state index >= 15 is 0 Å². The smallest absolute Gasteiger partial charge is 0.180 e. The lowest BCUT2D eigenvalue weighted by Crippen LogP contribution is -1.94. The largest absolute Gasteiger partial charge is 0.452 e. The van der Waals surface area contributed by atoms with Gasteiger partial charge in [0.2, 0.25) is 0 Å². The summed E-state index contributed by atoms with van der Waals surface area (Å²) in [5, 5.41) is 6.86. The van der Waals surface area contributed by atoms with Gasteiger partial charge in [0, 0.05) is 65.9 Å². The van der Waals surface area contributed by atoms with Gasteiger partial charge in [0.25, 0.3) is 0 Å². The minimum absolute atomic E-state index is 0.663. The van der Waals surface area contributed by atoms with Crippen LogP contribution in [0.2, 0.25) is 0 Å². The molecular formula is C104H66N6O2. The minimum atomic E-state index is 0.663. The highest BCUT2D eigenvalue weighted by atomic mass is 16.3. The molecule has 16 aromatic carbocycles. The van der Waals surface area contributed by atoms with Gasteiger partial charge in [-0.1, -0.05) is 297 Å². The number of aromatic nitrogens is 6. The molecule has 0 saturated heterocycles. The summed E-state index contributed by atoms with van der Waals surface area (Å²) in [4.78, 5) is 20.7. The Balaban J connectivity index is 0.000000141. The van der Waals surface area contributed by atoms with Gasteiger partial charge >= 0.3 is 0 Å². The Morgan fingerprint density at radius 2 is 0.518 bits per heavy atom. The van der Waals surface area contributed by atoms with Crippen molar-refractivity contribution in [2.24, 2.45) is 0 Å². The molecule has 0 unspecified atom stereocenters. The van der Waals surface area contributed by atoms with Gasteiger partial charge in [-0.05, 0) is 170 Å². The number of hydrogen-bond donors (Lipinski definition) is 0. The molecule has 0 N–H and O–H groups in total. The van der Waals surface area contributed by atoms with Crippen molar-refractivity contribution in [1.29, 1.82) is 0 Å². The molecule has 0 amide bonds. The van der Waals surface area contributed by atoms with E-state index in [0.29, 0.717) is 22.8 Å². The molecule has 22 rings (SSSR count). The minimum Gasteiger partial charge on any atom is -0.452 e. The standard InChI is InChI=1S/2C52H33N3O/c1-4-15-34(16-5-1)36-19-13-22-40(32-36)49-51-50(54-52(53-49)35-17-6-2-7-18-35)44-33-38(29-30-47(44)56-51)37-20-12-21-39(31-37)42-26-14-28-46-48(42)43-25-10-11-27-45(43)55(46)41-23-8-3-9-24-41;1-4-14-34(15-5-1)36-18-13-21-41(31-36)49-51-50(54-52(53-49)35-16-6-2-7-17-35)45-33-40(27-29-48(45)56-51)38-20-12-19-37(30-38)39-26-28-47-44(32-39)43-24-10-11-25-46(43)55(47)42-22-8-3-9-23-42/h2*1-33H. The van der Waals surface area contributed by atoms with Gasteiger partial charge in [-0.2, -0.15) is 0 Å². The lowest BCUT2D eigenvalue weighted by molar-refractivity contribution is 0.667. The highest BCUT2D eigenvalue weighted by Crippen LogP contribution is 2.45. The van der Waals surface area contributed by atoms with Crippen LogP contribution in [-0.2, 0) is 0 Å². The summed E-state index contributed by atoms with van der Waals surface area (Å²) in [6, 6.07) is 141. The number of nitrogens with zero attached hydrogens (tertiary/aromatic N) is 6. The summed E-state index contributed by atoms with van der Waals surface area (Å²) in [6.07, 6.45) is 0. The zero-order valence-electron chi connectivity index (χ0n) is 60.6. The second-order valence-electron chi connectivity index (χ2n) is 28.4. The summed E-state index contributed by atoms with van der Waals surface area (Å²) >= 11 is 0. The Kier molecular flexibility index (Phi) is 16.1. The fourth-order valence-corrected chi connectivity index (χ4v) is 16.3. The molecule has 0 fully saturated rings. The normalized spacial score (nSPS) is 11.6. The first kappa shape index (κ1) is 65.2. The Bertz CT molecular complexity index is 7350. The zero-order chi connectivity index (χ0) is 74.0. The summed E-state index contributed by atoms with van der Waals surface area (Å²) < 4.78 is 18.0. The molecule has 0 aliphatic heterocycles. The third kappa shape index (κ3) is 11.7. The lowest BCUT2D eigenvalue weighted by atomic mass is 9.95. The Morgan fingerprint density at radius 1 is 0.196 bits per heavy atom. The second kappa shape index (κ2) is 27.6. The van der Waals surface area contributed by atoms with E-state index in [9.17, 15) is 0 Å². The van der Waals surface area contributed by atoms with E-state index < -0.39 is 0 Å². The van der Waals surface area contributed by atoms with Gasteiger partial charge in [-0.15, -0.1) is 0 Å². The first-order chi connectivity index (χ1) is 55.5. The number of hydrogen-bond acceptors (Lipinski definition) is 6. The summed E-state index contributed by atoms with van der Waals surface area (Å²) in [5.74, 6) is 1.33. The van der Waals surface area contributed by atoms with Crippen molar-refractivity contribution < 1.29 is 8.83 Å². The zero-order valence-corrected chi connectivity index (χ0v) is 60.6. The average Bonchev–Trinajstić information content (AvgIpc) is 1.59. The fourth-order valence-electron chi connectivity index (χ4n) is 16.3. The molecule has 0 radical (unpaired) electrons. The van der Waals surface area contributed by atoms with Gasteiger partial charge in [0.1, 0.15) is 33.6 Å². The van der Waals surface area contributed by atoms with Crippen molar-refractivity contribution >= 4 is 87.7 Å². The molecular weight excluding hydrogens is 1370 g/mol. The van der Waals surface area contributed by atoms with Gasteiger partial charge in [-0.25, -0.2) is 19.9 Å². The number of benzene rings is 16. The SMILES string of the molecule is c1ccc(-c2cccc(-c3nc(-c4ccccc4)nc4c3oc3ccc(-c5cccc(-c6ccc7c(c6)c6ccccc6n7-c6ccccc6)c5)cc34)c2)cc1.c1ccc(-c2cccc(-c3nc(-c4ccccc4)nc4c3oc3ccc(-c5cccc(-c6cccc7c6c6ccccc6n7-c6ccccc6)c5)cc34)c2)cc1. The molecule has 8 heteroatoms. The summed E-state index contributed by atoms with van der Waals surface area (Å²) in [5.41, 5.74) is 30.7. The highest BCUT2D eigenvalue weighted by molar-refractivity contribution is 6.17. The monoisotopic (exact) mass is 1430 g/mol. The van der Waals surface area contributed by atoms with Crippen LogP contribution in [0.1, 0.15) is 0 Å². The van der Waals surface area contributed by atoms with Gasteiger partial charge in [0.05, 0.1) is 22.1 Å². The van der Waals surface area contributed by atoms with Crippen LogP contribution in [0.3, 0.4) is 0 Å². The van der Waals surface area contributed by atoms with Crippen molar-refractivity contribution in [3.8, 4) is 123 Å². The van der Waals surface area contributed by atoms with E-state index in [1.54, 1.807) is 0 Å². The predicted molar refractivity (Wildman–Crippen MR) is 462 cm³/mol. The Labute approximate surface area is 645 Å². The number of furan rings is 2. The molecule has 6 aromatic heterocycles. The van der Waals surface area contributed by atoms with E-state index in [1.807, 2.05) is 48.5 Å². The second-order valence-corrected chi connectivity index (χ2v) is 28.4. The van der Waals surface area contributed by atoms with E-state index in [0.717, 1.165) is 134 Å². The summed E-state index contributed by atoms with van der Waals surface area (Å²) in [7, 11) is 0. The van der Waals surface area contributed by atoms with Crippen LogP contribution in [-0.4, -0.2) is 29.1 Å². The van der Waals surface area contributed by atoms with E-state index in [1.165, 1.54) is 54.7 Å². The van der Waals surface area contributed by atoms with Crippen LogP contribution in [0.15, 0.2) is 409 Å². The van der Waals surface area contributed by atoms with Crippen molar-refractivity contribution in [3.63, 3.8) is 0 Å². The quantitative estimate of drug-likeness (QED) is 0.121. The van der Waals surface area contributed by atoms with Gasteiger partial charge < -0.3 is 18.0 Å². The third-order valence-electron chi connectivity index (χ3n) is 21.6. The van der Waals surface area contributed by atoms with Crippen LogP contribution >= 0.6 is 0 Å². The molecule has 0 atom stereocenters. The third-order valence-corrected chi connectivity index (χ3v) is 21.6. The van der Waals surface area contributed by atoms with Crippen LogP contribution in [0.25, 0.3) is 211 Å². The predicted octanol–water partition coefficient (Wildman–Crippen LogP) is 27.6. The number of fused-ring (bicyclic) bond motifs is 12. The van der Waals surface area contributed by atoms with E-state index in [4.69, 9.17) is 28.8 Å². The van der Waals surface area contributed by atoms with E-state index in [-0.39, 0.29) is 0 Å². The molecule has 0 saturated carbocycles.